The lowest BCUT2D eigenvalue weighted by atomic mass is 10.2. The molecule has 6 heteroatoms. The van der Waals surface area contributed by atoms with Gasteiger partial charge in [0.1, 0.15) is 10.9 Å². The zero-order valence-electron chi connectivity index (χ0n) is 13.3. The van der Waals surface area contributed by atoms with E-state index < -0.39 is 0 Å². The average molecular weight is 333 g/mol. The number of aromatic nitrogens is 1. The summed E-state index contributed by atoms with van der Waals surface area (Å²) in [5, 5.41) is 7.01. The summed E-state index contributed by atoms with van der Waals surface area (Å²) in [6, 6.07) is 11.7. The second-order valence-electron chi connectivity index (χ2n) is 4.81. The van der Waals surface area contributed by atoms with Gasteiger partial charge in [0.2, 0.25) is 0 Å². The molecule has 0 atom stereocenters. The van der Waals surface area contributed by atoms with Crippen molar-refractivity contribution in [2.75, 3.05) is 13.7 Å². The lowest BCUT2D eigenvalue weighted by Gasteiger charge is -2.14. The van der Waals surface area contributed by atoms with Crippen LogP contribution in [0, 0.1) is 0 Å². The van der Waals surface area contributed by atoms with Crippen LogP contribution >= 0.6 is 11.6 Å². The fraction of sp³-hybridized carbons (Fsp3) is 0.294. The van der Waals surface area contributed by atoms with Gasteiger partial charge in [0.25, 0.3) is 0 Å². The number of hydrogen-bond donors (Lipinski definition) is 2. The van der Waals surface area contributed by atoms with Crippen LogP contribution in [0.2, 0.25) is 5.15 Å². The van der Waals surface area contributed by atoms with Gasteiger partial charge in [-0.25, -0.2) is 4.98 Å². The second-order valence-corrected chi connectivity index (χ2v) is 5.20. The van der Waals surface area contributed by atoms with Gasteiger partial charge in [-0.2, -0.15) is 0 Å². The number of para-hydroxylation sites is 1. The molecule has 0 amide bonds. The van der Waals surface area contributed by atoms with Gasteiger partial charge < -0.3 is 15.4 Å². The molecule has 2 rings (SSSR count). The number of guanidine groups is 1. The minimum atomic E-state index is 0.490. The van der Waals surface area contributed by atoms with Crippen molar-refractivity contribution in [3.05, 3.63) is 58.9 Å². The fourth-order valence-electron chi connectivity index (χ4n) is 2.04. The van der Waals surface area contributed by atoms with E-state index in [1.807, 2.05) is 37.3 Å². The lowest BCUT2D eigenvalue weighted by Crippen LogP contribution is -2.36. The number of hydrogen-bond acceptors (Lipinski definition) is 3. The first kappa shape index (κ1) is 17.1. The van der Waals surface area contributed by atoms with Gasteiger partial charge in [0.05, 0.1) is 6.61 Å². The number of ether oxygens (including phenoxy) is 1. The molecular weight excluding hydrogens is 312 g/mol. The van der Waals surface area contributed by atoms with Crippen LogP contribution in [0.5, 0.6) is 5.75 Å². The van der Waals surface area contributed by atoms with Crippen molar-refractivity contribution in [2.24, 2.45) is 4.99 Å². The largest absolute Gasteiger partial charge is 0.494 e. The van der Waals surface area contributed by atoms with Gasteiger partial charge in [-0.05, 0) is 24.6 Å². The molecule has 1 aromatic carbocycles. The number of nitrogens with zero attached hydrogens (tertiary/aromatic N) is 2. The third kappa shape index (κ3) is 5.45. The van der Waals surface area contributed by atoms with Crippen molar-refractivity contribution in [1.29, 1.82) is 0 Å². The van der Waals surface area contributed by atoms with Crippen molar-refractivity contribution >= 4 is 17.6 Å². The van der Waals surface area contributed by atoms with E-state index in [2.05, 4.69) is 20.6 Å². The third-order valence-corrected chi connectivity index (χ3v) is 3.41. The topological polar surface area (TPSA) is 58.5 Å². The summed E-state index contributed by atoms with van der Waals surface area (Å²) in [4.78, 5) is 8.28. The van der Waals surface area contributed by atoms with E-state index in [-0.39, 0.29) is 0 Å². The van der Waals surface area contributed by atoms with Crippen molar-refractivity contribution in [1.82, 2.24) is 15.6 Å². The van der Waals surface area contributed by atoms with Crippen LogP contribution in [-0.2, 0) is 13.1 Å². The molecule has 1 aromatic heterocycles. The van der Waals surface area contributed by atoms with E-state index in [9.17, 15) is 0 Å². The maximum atomic E-state index is 5.78. The number of halogens is 1. The summed E-state index contributed by atoms with van der Waals surface area (Å²) in [7, 11) is 1.74. The van der Waals surface area contributed by atoms with Gasteiger partial charge in [-0.1, -0.05) is 35.9 Å². The van der Waals surface area contributed by atoms with Gasteiger partial charge in [0.15, 0.2) is 5.96 Å². The molecule has 23 heavy (non-hydrogen) atoms. The zero-order chi connectivity index (χ0) is 16.5. The molecule has 1 heterocycles. The van der Waals surface area contributed by atoms with E-state index in [0.717, 1.165) is 16.9 Å². The van der Waals surface area contributed by atoms with Crippen LogP contribution in [0.15, 0.2) is 47.6 Å². The Bertz CT molecular complexity index is 643. The van der Waals surface area contributed by atoms with E-state index in [1.165, 1.54) is 0 Å². The molecule has 2 aromatic rings. The van der Waals surface area contributed by atoms with Gasteiger partial charge in [-0.3, -0.25) is 4.99 Å². The molecule has 5 nitrogen and oxygen atoms in total. The van der Waals surface area contributed by atoms with Crippen LogP contribution in [0.1, 0.15) is 18.1 Å². The van der Waals surface area contributed by atoms with Crippen LogP contribution in [0.3, 0.4) is 0 Å². The standard InChI is InChI=1S/C17H21ClN4O/c1-3-23-15-7-5-4-6-14(15)12-22-17(19-2)21-11-13-8-9-16(18)20-10-13/h4-10H,3,11-12H2,1-2H3,(H2,19,21,22). The van der Waals surface area contributed by atoms with E-state index in [1.54, 1.807) is 19.3 Å². The Morgan fingerprint density at radius 2 is 1.96 bits per heavy atom. The Balaban J connectivity index is 1.89. The predicted molar refractivity (Wildman–Crippen MR) is 93.9 cm³/mol. The molecule has 0 saturated carbocycles. The van der Waals surface area contributed by atoms with Crippen molar-refractivity contribution < 1.29 is 4.74 Å². The van der Waals surface area contributed by atoms with Crippen LogP contribution in [0.4, 0.5) is 0 Å². The Morgan fingerprint density at radius 3 is 2.65 bits per heavy atom. The molecule has 0 saturated heterocycles. The quantitative estimate of drug-likeness (QED) is 0.485. The van der Waals surface area contributed by atoms with E-state index in [0.29, 0.717) is 30.8 Å². The molecule has 122 valence electrons. The third-order valence-electron chi connectivity index (χ3n) is 3.19. The Morgan fingerprint density at radius 1 is 1.17 bits per heavy atom. The Labute approximate surface area is 141 Å². The summed E-state index contributed by atoms with van der Waals surface area (Å²) in [6.07, 6.45) is 1.74. The highest BCUT2D eigenvalue weighted by atomic mass is 35.5. The molecule has 0 fully saturated rings. The molecule has 0 aliphatic heterocycles. The van der Waals surface area contributed by atoms with Gasteiger partial charge >= 0.3 is 0 Å². The van der Waals surface area contributed by atoms with Gasteiger partial charge in [0, 0.05) is 31.9 Å². The van der Waals surface area contributed by atoms with Crippen molar-refractivity contribution in [2.45, 2.75) is 20.0 Å². The average Bonchev–Trinajstić information content (AvgIpc) is 2.58. The maximum Gasteiger partial charge on any atom is 0.191 e. The summed E-state index contributed by atoms with van der Waals surface area (Å²) < 4.78 is 5.62. The smallest absolute Gasteiger partial charge is 0.191 e. The van der Waals surface area contributed by atoms with Crippen molar-refractivity contribution in [3.8, 4) is 5.75 Å². The fourth-order valence-corrected chi connectivity index (χ4v) is 2.15. The van der Waals surface area contributed by atoms with E-state index in [4.69, 9.17) is 16.3 Å². The highest BCUT2D eigenvalue weighted by Gasteiger charge is 2.04. The molecule has 0 aliphatic rings. The molecule has 0 unspecified atom stereocenters. The molecule has 0 radical (unpaired) electrons. The lowest BCUT2D eigenvalue weighted by molar-refractivity contribution is 0.336. The second kappa shape index (κ2) is 9.00. The number of aliphatic imine (C=N–C) groups is 1. The molecule has 0 bridgehead atoms. The Hall–Kier alpha value is -2.27. The summed E-state index contributed by atoms with van der Waals surface area (Å²) in [5.74, 6) is 1.60. The number of nitrogens with one attached hydrogen (secondary N) is 2. The van der Waals surface area contributed by atoms with Crippen LogP contribution in [0.25, 0.3) is 0 Å². The first-order valence-corrected chi connectivity index (χ1v) is 7.86. The SMILES string of the molecule is CCOc1ccccc1CNC(=NC)NCc1ccc(Cl)nc1. The summed E-state index contributed by atoms with van der Waals surface area (Å²) in [6.45, 7) is 3.88. The molecule has 0 spiro atoms. The first-order valence-electron chi connectivity index (χ1n) is 7.48. The normalized spacial score (nSPS) is 11.2. The summed E-state index contributed by atoms with van der Waals surface area (Å²) in [5.41, 5.74) is 2.12. The van der Waals surface area contributed by atoms with Crippen LogP contribution in [-0.4, -0.2) is 24.6 Å². The number of pyridine rings is 1. The number of benzene rings is 1. The Kier molecular flexibility index (Phi) is 6.69. The van der Waals surface area contributed by atoms with Crippen molar-refractivity contribution in [3.63, 3.8) is 0 Å². The van der Waals surface area contributed by atoms with E-state index >= 15 is 0 Å². The minimum Gasteiger partial charge on any atom is -0.494 e. The van der Waals surface area contributed by atoms with Crippen LogP contribution < -0.4 is 15.4 Å². The molecular formula is C17H21ClN4O. The predicted octanol–water partition coefficient (Wildman–Crippen LogP) is 3.00. The summed E-state index contributed by atoms with van der Waals surface area (Å²) >= 11 is 5.78. The number of rotatable bonds is 6. The molecule has 0 aliphatic carbocycles. The highest BCUT2D eigenvalue weighted by Crippen LogP contribution is 2.17. The molecule has 2 N–H and O–H groups in total. The first-order chi connectivity index (χ1) is 11.2. The minimum absolute atomic E-state index is 0.490. The zero-order valence-corrected chi connectivity index (χ0v) is 14.1. The highest BCUT2D eigenvalue weighted by molar-refractivity contribution is 6.29. The monoisotopic (exact) mass is 332 g/mol. The maximum absolute atomic E-state index is 5.78. The van der Waals surface area contributed by atoms with Gasteiger partial charge in [-0.15, -0.1) is 0 Å².